The molecule has 0 aliphatic heterocycles. The van der Waals surface area contributed by atoms with Crippen LogP contribution in [0.1, 0.15) is 51.0 Å². The molecule has 1 saturated carbocycles. The summed E-state index contributed by atoms with van der Waals surface area (Å²) in [5.74, 6) is -0.365. The number of anilines is 1. The van der Waals surface area contributed by atoms with E-state index in [9.17, 15) is 18.0 Å². The number of nitrogens with zero attached hydrogens (tertiary/aromatic N) is 2. The van der Waals surface area contributed by atoms with Crippen molar-refractivity contribution in [1.29, 1.82) is 0 Å². The molecule has 0 saturated heterocycles. The van der Waals surface area contributed by atoms with E-state index in [-0.39, 0.29) is 37.4 Å². The van der Waals surface area contributed by atoms with Crippen LogP contribution in [0.25, 0.3) is 0 Å². The average Bonchev–Trinajstić information content (AvgIpc) is 3.33. The number of halogens is 2. The highest BCUT2D eigenvalue weighted by Gasteiger charge is 2.28. The minimum atomic E-state index is -3.57. The van der Waals surface area contributed by atoms with Crippen molar-refractivity contribution >= 4 is 55.1 Å². The normalized spacial score (nSPS) is 14.9. The predicted octanol–water partition coefficient (Wildman–Crippen LogP) is 5.12. The molecule has 1 atom stereocenters. The number of nitrogens with one attached hydrogen (secondary N) is 1. The van der Waals surface area contributed by atoms with E-state index in [1.165, 1.54) is 4.31 Å². The Labute approximate surface area is 227 Å². The standard InChI is InChI=1S/C26H33BrClN3O4S/c1-19(26(33)29-23-8-3-4-9-23)30(18-20-12-14-21(27)15-13-20)25(32)11-6-16-31(36(2,34)35)24-10-5-7-22(28)17-24/h5,7,10,12-15,17,19,23H,3-4,6,8-9,11,16,18H2,1-2H3,(H,29,33). The van der Waals surface area contributed by atoms with Crippen LogP contribution in [0.3, 0.4) is 0 Å². The van der Waals surface area contributed by atoms with Gasteiger partial charge in [-0.2, -0.15) is 0 Å². The Morgan fingerprint density at radius 1 is 1.14 bits per heavy atom. The molecule has 2 aromatic rings. The van der Waals surface area contributed by atoms with Gasteiger partial charge in [0.2, 0.25) is 21.8 Å². The summed E-state index contributed by atoms with van der Waals surface area (Å²) in [4.78, 5) is 28.0. The maximum absolute atomic E-state index is 13.4. The fraction of sp³-hybridized carbons (Fsp3) is 0.462. The van der Waals surface area contributed by atoms with E-state index >= 15 is 0 Å². The predicted molar refractivity (Wildman–Crippen MR) is 147 cm³/mol. The molecule has 1 aliphatic rings. The van der Waals surface area contributed by atoms with E-state index in [4.69, 9.17) is 11.6 Å². The molecule has 0 bridgehead atoms. The van der Waals surface area contributed by atoms with Crippen LogP contribution in [0, 0.1) is 0 Å². The molecule has 36 heavy (non-hydrogen) atoms. The summed E-state index contributed by atoms with van der Waals surface area (Å²) >= 11 is 9.48. The van der Waals surface area contributed by atoms with Crippen LogP contribution in [0.15, 0.2) is 53.0 Å². The second kappa shape index (κ2) is 12.9. The lowest BCUT2D eigenvalue weighted by Crippen LogP contribution is -2.49. The van der Waals surface area contributed by atoms with E-state index in [1.807, 2.05) is 24.3 Å². The molecule has 1 unspecified atom stereocenters. The van der Waals surface area contributed by atoms with Crippen LogP contribution in [-0.4, -0.2) is 50.0 Å². The third kappa shape index (κ3) is 8.21. The Morgan fingerprint density at radius 2 is 1.81 bits per heavy atom. The maximum Gasteiger partial charge on any atom is 0.242 e. The third-order valence-electron chi connectivity index (χ3n) is 6.38. The Hall–Kier alpha value is -2.10. The topological polar surface area (TPSA) is 86.8 Å². The number of amides is 2. The van der Waals surface area contributed by atoms with Crippen molar-refractivity contribution in [3.8, 4) is 0 Å². The molecule has 196 valence electrons. The zero-order valence-corrected chi connectivity index (χ0v) is 23.8. The summed E-state index contributed by atoms with van der Waals surface area (Å²) in [5, 5.41) is 3.52. The minimum absolute atomic E-state index is 0.101. The lowest BCUT2D eigenvalue weighted by Gasteiger charge is -2.30. The van der Waals surface area contributed by atoms with Gasteiger partial charge < -0.3 is 10.2 Å². The first-order chi connectivity index (χ1) is 17.0. The minimum Gasteiger partial charge on any atom is -0.352 e. The zero-order valence-electron chi connectivity index (χ0n) is 20.6. The monoisotopic (exact) mass is 597 g/mol. The Bertz CT molecular complexity index is 1150. The van der Waals surface area contributed by atoms with Crippen molar-refractivity contribution in [3.63, 3.8) is 0 Å². The van der Waals surface area contributed by atoms with Gasteiger partial charge in [0.05, 0.1) is 11.9 Å². The molecule has 0 heterocycles. The van der Waals surface area contributed by atoms with Gasteiger partial charge in [-0.15, -0.1) is 0 Å². The number of rotatable bonds is 11. The quantitative estimate of drug-likeness (QED) is 0.389. The van der Waals surface area contributed by atoms with Crippen LogP contribution in [0.5, 0.6) is 0 Å². The van der Waals surface area contributed by atoms with Gasteiger partial charge in [0, 0.05) is 35.0 Å². The highest BCUT2D eigenvalue weighted by molar-refractivity contribution is 9.10. The molecule has 0 radical (unpaired) electrons. The maximum atomic E-state index is 13.4. The molecular weight excluding hydrogens is 566 g/mol. The summed E-state index contributed by atoms with van der Waals surface area (Å²) in [6.07, 6.45) is 5.66. The molecule has 2 aromatic carbocycles. The fourth-order valence-corrected chi connectivity index (χ4v) is 5.80. The largest absolute Gasteiger partial charge is 0.352 e. The van der Waals surface area contributed by atoms with Crippen molar-refractivity contribution < 1.29 is 18.0 Å². The van der Waals surface area contributed by atoms with Crippen molar-refractivity contribution in [1.82, 2.24) is 10.2 Å². The molecule has 1 aliphatic carbocycles. The second-order valence-electron chi connectivity index (χ2n) is 9.23. The van der Waals surface area contributed by atoms with Crippen molar-refractivity contribution in [2.24, 2.45) is 0 Å². The van der Waals surface area contributed by atoms with Gasteiger partial charge in [0.1, 0.15) is 6.04 Å². The van der Waals surface area contributed by atoms with E-state index in [0.717, 1.165) is 42.0 Å². The highest BCUT2D eigenvalue weighted by atomic mass is 79.9. The Balaban J connectivity index is 1.71. The van der Waals surface area contributed by atoms with Crippen LogP contribution in [-0.2, 0) is 26.2 Å². The first-order valence-electron chi connectivity index (χ1n) is 12.1. The number of hydrogen-bond donors (Lipinski definition) is 1. The summed E-state index contributed by atoms with van der Waals surface area (Å²) in [6, 6.07) is 13.7. The summed E-state index contributed by atoms with van der Waals surface area (Å²) in [5.41, 5.74) is 1.36. The molecular formula is C26H33BrClN3O4S. The molecule has 3 rings (SSSR count). The first-order valence-corrected chi connectivity index (χ1v) is 15.1. The molecule has 7 nitrogen and oxygen atoms in total. The average molecular weight is 599 g/mol. The van der Waals surface area contributed by atoms with Gasteiger partial charge in [-0.3, -0.25) is 13.9 Å². The zero-order chi connectivity index (χ0) is 26.3. The van der Waals surface area contributed by atoms with Crippen LogP contribution < -0.4 is 9.62 Å². The highest BCUT2D eigenvalue weighted by Crippen LogP contribution is 2.23. The van der Waals surface area contributed by atoms with Gasteiger partial charge in [0.25, 0.3) is 0 Å². The van der Waals surface area contributed by atoms with Crippen molar-refractivity contribution in [2.75, 3.05) is 17.1 Å². The number of hydrogen-bond acceptors (Lipinski definition) is 4. The Kier molecular flexibility index (Phi) is 10.2. The molecule has 0 aromatic heterocycles. The third-order valence-corrected chi connectivity index (χ3v) is 8.34. The van der Waals surface area contributed by atoms with E-state index in [0.29, 0.717) is 17.1 Å². The van der Waals surface area contributed by atoms with Gasteiger partial charge >= 0.3 is 0 Å². The molecule has 2 amide bonds. The van der Waals surface area contributed by atoms with E-state index < -0.39 is 16.1 Å². The smallest absolute Gasteiger partial charge is 0.242 e. The second-order valence-corrected chi connectivity index (χ2v) is 12.5. The first kappa shape index (κ1) is 28.5. The van der Waals surface area contributed by atoms with Crippen molar-refractivity contribution in [2.45, 2.75) is 64.1 Å². The molecule has 0 spiro atoms. The van der Waals surface area contributed by atoms with Crippen LogP contribution in [0.4, 0.5) is 5.69 Å². The van der Waals surface area contributed by atoms with Gasteiger partial charge in [-0.1, -0.05) is 58.6 Å². The molecule has 1 fully saturated rings. The molecule has 1 N–H and O–H groups in total. The number of benzene rings is 2. The van der Waals surface area contributed by atoms with Crippen molar-refractivity contribution in [3.05, 3.63) is 63.6 Å². The van der Waals surface area contributed by atoms with Gasteiger partial charge in [-0.05, 0) is 62.1 Å². The van der Waals surface area contributed by atoms with Crippen LogP contribution >= 0.6 is 27.5 Å². The molecule has 10 heteroatoms. The fourth-order valence-electron chi connectivity index (χ4n) is 4.40. The number of carbonyl (C=O) groups excluding carboxylic acids is 2. The summed E-state index contributed by atoms with van der Waals surface area (Å²) in [7, 11) is -3.57. The lowest BCUT2D eigenvalue weighted by molar-refractivity contribution is -0.141. The van der Waals surface area contributed by atoms with Gasteiger partial charge in [0.15, 0.2) is 0 Å². The lowest BCUT2D eigenvalue weighted by atomic mass is 10.1. The van der Waals surface area contributed by atoms with Crippen LogP contribution in [0.2, 0.25) is 5.02 Å². The van der Waals surface area contributed by atoms with Gasteiger partial charge in [-0.25, -0.2) is 8.42 Å². The number of carbonyl (C=O) groups is 2. The summed E-state index contributed by atoms with van der Waals surface area (Å²) < 4.78 is 27.0. The number of sulfonamides is 1. The van der Waals surface area contributed by atoms with E-state index in [1.54, 1.807) is 36.1 Å². The summed E-state index contributed by atoms with van der Waals surface area (Å²) in [6.45, 7) is 2.16. The Morgan fingerprint density at radius 3 is 2.42 bits per heavy atom. The SMILES string of the molecule is CC(C(=O)NC1CCCC1)N(Cc1ccc(Br)cc1)C(=O)CCCN(c1cccc(Cl)c1)S(C)(=O)=O. The van der Waals surface area contributed by atoms with E-state index in [2.05, 4.69) is 21.2 Å².